The van der Waals surface area contributed by atoms with Crippen molar-refractivity contribution in [3.05, 3.63) is 60.4 Å². The highest BCUT2D eigenvalue weighted by Gasteiger charge is 2.19. The van der Waals surface area contributed by atoms with Crippen LogP contribution in [0.3, 0.4) is 0 Å². The molecule has 0 fully saturated rings. The summed E-state index contributed by atoms with van der Waals surface area (Å²) < 4.78 is 30.5. The first kappa shape index (κ1) is 11.9. The average Bonchev–Trinajstić information content (AvgIpc) is 2.33. The first-order valence-corrected chi connectivity index (χ1v) is 7.23. The highest BCUT2D eigenvalue weighted by atomic mass is 31.2. The molecule has 0 aliphatic carbocycles. The quantitative estimate of drug-likeness (QED) is 0.780. The highest BCUT2D eigenvalue weighted by molar-refractivity contribution is 7.66. The maximum atomic E-state index is 12.7. The second-order valence-electron chi connectivity index (χ2n) is 3.73. The van der Waals surface area contributed by atoms with E-state index < -0.39 is 7.37 Å². The van der Waals surface area contributed by atoms with Crippen molar-refractivity contribution in [3.63, 3.8) is 0 Å². The summed E-state index contributed by atoms with van der Waals surface area (Å²) in [4.78, 5) is 0. The Hall–Kier alpha value is -1.60. The topological polar surface area (TPSA) is 26.3 Å². The minimum Gasteiger partial charge on any atom is -0.440 e. The van der Waals surface area contributed by atoms with Gasteiger partial charge in [0.25, 0.3) is 7.37 Å². The fourth-order valence-electron chi connectivity index (χ4n) is 1.45. The number of hydrogen-bond acceptors (Lipinski definition) is 2. The maximum Gasteiger partial charge on any atom is 0.274 e. The van der Waals surface area contributed by atoms with Gasteiger partial charge in [0.2, 0.25) is 0 Å². The van der Waals surface area contributed by atoms with Gasteiger partial charge in [0.15, 0.2) is 0 Å². The van der Waals surface area contributed by atoms with Gasteiger partial charge in [0, 0.05) is 12.0 Å². The fraction of sp³-hybridized carbons (Fsp3) is 0.0769. The van der Waals surface area contributed by atoms with Gasteiger partial charge in [-0.2, -0.15) is 0 Å². The SMILES string of the molecule is C[P@@](=O)(Oc1ccc(F)cc1)c1ccccc1. The third-order valence-electron chi connectivity index (χ3n) is 2.32. The summed E-state index contributed by atoms with van der Waals surface area (Å²) in [6.45, 7) is 1.55. The summed E-state index contributed by atoms with van der Waals surface area (Å²) in [7, 11) is -2.90. The Kier molecular flexibility index (Phi) is 3.30. The van der Waals surface area contributed by atoms with Crippen LogP contribution in [0.1, 0.15) is 0 Å². The van der Waals surface area contributed by atoms with Crippen molar-refractivity contribution in [2.45, 2.75) is 0 Å². The molecule has 0 N–H and O–H groups in total. The molecule has 88 valence electrons. The van der Waals surface area contributed by atoms with Gasteiger partial charge in [0.1, 0.15) is 11.6 Å². The van der Waals surface area contributed by atoms with Crippen LogP contribution in [0.25, 0.3) is 0 Å². The monoisotopic (exact) mass is 250 g/mol. The van der Waals surface area contributed by atoms with Crippen LogP contribution >= 0.6 is 7.37 Å². The molecule has 0 radical (unpaired) electrons. The molecule has 0 spiro atoms. The first-order valence-electron chi connectivity index (χ1n) is 5.16. The van der Waals surface area contributed by atoms with Gasteiger partial charge in [-0.05, 0) is 36.4 Å². The molecule has 4 heteroatoms. The van der Waals surface area contributed by atoms with Crippen molar-refractivity contribution in [1.82, 2.24) is 0 Å². The molecule has 0 aromatic heterocycles. The minimum absolute atomic E-state index is 0.344. The smallest absolute Gasteiger partial charge is 0.274 e. The van der Waals surface area contributed by atoms with Crippen molar-refractivity contribution in [1.29, 1.82) is 0 Å². The molecule has 2 nitrogen and oxygen atoms in total. The Morgan fingerprint density at radius 1 is 1.00 bits per heavy atom. The third kappa shape index (κ3) is 2.95. The van der Waals surface area contributed by atoms with Crippen molar-refractivity contribution >= 4 is 12.7 Å². The lowest BCUT2D eigenvalue weighted by atomic mass is 10.3. The van der Waals surface area contributed by atoms with E-state index in [0.29, 0.717) is 11.1 Å². The van der Waals surface area contributed by atoms with E-state index in [4.69, 9.17) is 4.52 Å². The third-order valence-corrected chi connectivity index (χ3v) is 4.11. The molecule has 0 bridgehead atoms. The minimum atomic E-state index is -2.90. The Bertz CT molecular complexity index is 537. The van der Waals surface area contributed by atoms with Crippen LogP contribution in [-0.2, 0) is 4.57 Å². The zero-order valence-electron chi connectivity index (χ0n) is 9.34. The van der Waals surface area contributed by atoms with E-state index in [1.165, 1.54) is 24.3 Å². The van der Waals surface area contributed by atoms with Gasteiger partial charge in [-0.1, -0.05) is 18.2 Å². The lowest BCUT2D eigenvalue weighted by Gasteiger charge is -2.15. The van der Waals surface area contributed by atoms with E-state index in [1.807, 2.05) is 6.07 Å². The molecule has 0 amide bonds. The molecule has 0 aliphatic rings. The molecule has 0 aliphatic heterocycles. The predicted octanol–water partition coefficient (Wildman–Crippen LogP) is 3.44. The van der Waals surface area contributed by atoms with Gasteiger partial charge in [0.05, 0.1) is 0 Å². The van der Waals surface area contributed by atoms with E-state index in [0.717, 1.165) is 0 Å². The van der Waals surface area contributed by atoms with Crippen molar-refractivity contribution < 1.29 is 13.5 Å². The van der Waals surface area contributed by atoms with Crippen molar-refractivity contribution in [3.8, 4) is 5.75 Å². The molecule has 17 heavy (non-hydrogen) atoms. The second kappa shape index (κ2) is 4.72. The molecular weight excluding hydrogens is 238 g/mol. The Balaban J connectivity index is 2.23. The van der Waals surface area contributed by atoms with Crippen LogP contribution in [0.2, 0.25) is 0 Å². The maximum absolute atomic E-state index is 12.7. The van der Waals surface area contributed by atoms with Gasteiger partial charge < -0.3 is 4.52 Å². The Morgan fingerprint density at radius 2 is 1.59 bits per heavy atom. The predicted molar refractivity (Wildman–Crippen MR) is 66.6 cm³/mol. The van der Waals surface area contributed by atoms with Crippen molar-refractivity contribution in [2.75, 3.05) is 6.66 Å². The normalized spacial score (nSPS) is 14.0. The fourth-order valence-corrected chi connectivity index (χ4v) is 2.79. The Labute approximate surface area is 99.5 Å². The summed E-state index contributed by atoms with van der Waals surface area (Å²) in [6, 6.07) is 14.5. The lowest BCUT2D eigenvalue weighted by molar-refractivity contribution is 0.497. The molecule has 2 rings (SSSR count). The number of rotatable bonds is 3. The van der Waals surface area contributed by atoms with Gasteiger partial charge in [-0.25, -0.2) is 4.39 Å². The molecule has 2 aromatic carbocycles. The van der Waals surface area contributed by atoms with E-state index in [2.05, 4.69) is 0 Å². The zero-order chi connectivity index (χ0) is 12.3. The summed E-state index contributed by atoms with van der Waals surface area (Å²) in [6.07, 6.45) is 0. The van der Waals surface area contributed by atoms with Crippen molar-refractivity contribution in [2.24, 2.45) is 0 Å². The van der Waals surface area contributed by atoms with E-state index in [-0.39, 0.29) is 5.82 Å². The summed E-state index contributed by atoms with van der Waals surface area (Å²) in [5.41, 5.74) is 0. The standard InChI is InChI=1S/C13H12FO2P/c1-17(15,13-5-3-2-4-6-13)16-12-9-7-11(14)8-10-12/h2-10H,1H3/t17-/m1/s1. The van der Waals surface area contributed by atoms with Gasteiger partial charge in [-0.15, -0.1) is 0 Å². The van der Waals surface area contributed by atoms with Crippen LogP contribution in [0.15, 0.2) is 54.6 Å². The largest absolute Gasteiger partial charge is 0.440 e. The van der Waals surface area contributed by atoms with Crippen LogP contribution in [-0.4, -0.2) is 6.66 Å². The van der Waals surface area contributed by atoms with Crippen LogP contribution < -0.4 is 9.83 Å². The number of halogens is 1. The van der Waals surface area contributed by atoms with Crippen LogP contribution in [0, 0.1) is 5.82 Å². The molecule has 0 heterocycles. The summed E-state index contributed by atoms with van der Waals surface area (Å²) in [5.74, 6) is 0.0593. The lowest BCUT2D eigenvalue weighted by Crippen LogP contribution is -2.07. The average molecular weight is 250 g/mol. The first-order chi connectivity index (χ1) is 8.08. The molecular formula is C13H12FO2P. The van der Waals surface area contributed by atoms with Gasteiger partial charge in [-0.3, -0.25) is 4.57 Å². The molecule has 2 aromatic rings. The molecule has 0 saturated carbocycles. The van der Waals surface area contributed by atoms with Gasteiger partial charge >= 0.3 is 0 Å². The van der Waals surface area contributed by atoms with E-state index in [9.17, 15) is 8.96 Å². The Morgan fingerprint density at radius 3 is 2.18 bits per heavy atom. The molecule has 0 saturated heterocycles. The number of hydrogen-bond donors (Lipinski definition) is 0. The highest BCUT2D eigenvalue weighted by Crippen LogP contribution is 2.41. The second-order valence-corrected chi connectivity index (χ2v) is 6.12. The zero-order valence-corrected chi connectivity index (χ0v) is 10.2. The number of benzene rings is 2. The summed E-state index contributed by atoms with van der Waals surface area (Å²) in [5, 5.41) is 0.643. The summed E-state index contributed by atoms with van der Waals surface area (Å²) >= 11 is 0. The molecule has 1 atom stereocenters. The van der Waals surface area contributed by atoms with E-state index >= 15 is 0 Å². The molecule has 0 unspecified atom stereocenters. The van der Waals surface area contributed by atoms with Crippen LogP contribution in [0.5, 0.6) is 5.75 Å². The van der Waals surface area contributed by atoms with E-state index in [1.54, 1.807) is 30.9 Å². The van der Waals surface area contributed by atoms with Crippen LogP contribution in [0.4, 0.5) is 4.39 Å².